The van der Waals surface area contributed by atoms with E-state index in [0.29, 0.717) is 0 Å². The number of rotatable bonds is 3. The van der Waals surface area contributed by atoms with E-state index in [1.165, 1.54) is 0 Å². The van der Waals surface area contributed by atoms with Crippen LogP contribution in [0.1, 0.15) is 25.5 Å². The molecule has 0 bridgehead atoms. The van der Waals surface area contributed by atoms with Crippen molar-refractivity contribution in [3.63, 3.8) is 0 Å². The molecule has 0 aromatic heterocycles. The number of amides is 1. The van der Waals surface area contributed by atoms with Crippen LogP contribution < -0.4 is 15.4 Å². The zero-order valence-corrected chi connectivity index (χ0v) is 12.4. The zero-order valence-electron chi connectivity index (χ0n) is 12.4. The van der Waals surface area contributed by atoms with E-state index < -0.39 is 0 Å². The summed E-state index contributed by atoms with van der Waals surface area (Å²) in [5.41, 5.74) is 8.25. The predicted molar refractivity (Wildman–Crippen MR) is 80.1 cm³/mol. The second-order valence-electron chi connectivity index (χ2n) is 5.17. The fourth-order valence-corrected chi connectivity index (χ4v) is 2.71. The summed E-state index contributed by atoms with van der Waals surface area (Å²) >= 11 is 0. The van der Waals surface area contributed by atoms with Crippen LogP contribution in [0.4, 0.5) is 5.69 Å². The minimum absolute atomic E-state index is 0.0908. The number of anilines is 1. The average molecular weight is 277 g/mol. The number of piperazine rings is 1. The normalized spacial score (nSPS) is 17.0. The molecular weight excluding hydrogens is 254 g/mol. The largest absolute Gasteiger partial charge is 0.496 e. The molecule has 2 N–H and O–H groups in total. The van der Waals surface area contributed by atoms with E-state index in [9.17, 15) is 4.79 Å². The van der Waals surface area contributed by atoms with Crippen molar-refractivity contribution in [2.75, 3.05) is 38.2 Å². The molecule has 20 heavy (non-hydrogen) atoms. The van der Waals surface area contributed by atoms with Crippen molar-refractivity contribution >= 4 is 11.6 Å². The molecule has 1 aliphatic rings. The van der Waals surface area contributed by atoms with Crippen LogP contribution in [0.2, 0.25) is 0 Å². The highest BCUT2D eigenvalue weighted by molar-refractivity contribution is 5.73. The van der Waals surface area contributed by atoms with Gasteiger partial charge in [-0.1, -0.05) is 6.07 Å². The maximum absolute atomic E-state index is 11.4. The van der Waals surface area contributed by atoms with Crippen LogP contribution in [-0.4, -0.2) is 44.1 Å². The topological polar surface area (TPSA) is 58.8 Å². The molecule has 0 aliphatic carbocycles. The minimum atomic E-state index is -0.0908. The van der Waals surface area contributed by atoms with E-state index in [4.69, 9.17) is 10.5 Å². The van der Waals surface area contributed by atoms with Crippen molar-refractivity contribution in [3.8, 4) is 5.75 Å². The quantitative estimate of drug-likeness (QED) is 0.907. The molecule has 1 fully saturated rings. The number of carbonyl (C=O) groups excluding carboxylic acids is 1. The third-order valence-corrected chi connectivity index (χ3v) is 3.78. The van der Waals surface area contributed by atoms with Crippen molar-refractivity contribution in [2.24, 2.45) is 5.73 Å². The van der Waals surface area contributed by atoms with Gasteiger partial charge in [-0.05, 0) is 19.1 Å². The third kappa shape index (κ3) is 2.88. The molecule has 1 aromatic carbocycles. The number of hydrogen-bond donors (Lipinski definition) is 1. The number of nitrogens with zero attached hydrogens (tertiary/aromatic N) is 2. The Labute approximate surface area is 120 Å². The number of ether oxygens (including phenoxy) is 1. The Morgan fingerprint density at radius 1 is 1.30 bits per heavy atom. The van der Waals surface area contributed by atoms with Crippen molar-refractivity contribution in [2.45, 2.75) is 19.9 Å². The van der Waals surface area contributed by atoms with Crippen LogP contribution in [0.25, 0.3) is 0 Å². The Balaban J connectivity index is 2.23. The number of nitrogens with two attached hydrogens (primary N) is 1. The Bertz CT molecular complexity index is 480. The number of hydrogen-bond acceptors (Lipinski definition) is 4. The number of carbonyl (C=O) groups is 1. The summed E-state index contributed by atoms with van der Waals surface area (Å²) in [6.07, 6.45) is 0. The van der Waals surface area contributed by atoms with Gasteiger partial charge in [0.25, 0.3) is 0 Å². The molecule has 110 valence electrons. The Kier molecular flexibility index (Phi) is 4.49. The highest BCUT2D eigenvalue weighted by Gasteiger charge is 2.23. The van der Waals surface area contributed by atoms with Gasteiger partial charge in [-0.15, -0.1) is 0 Å². The minimum Gasteiger partial charge on any atom is -0.496 e. The van der Waals surface area contributed by atoms with Crippen LogP contribution in [-0.2, 0) is 4.79 Å². The van der Waals surface area contributed by atoms with E-state index in [1.54, 1.807) is 14.0 Å². The van der Waals surface area contributed by atoms with Crippen LogP contribution in [0.5, 0.6) is 5.75 Å². The molecule has 2 rings (SSSR count). The van der Waals surface area contributed by atoms with E-state index in [0.717, 1.165) is 43.2 Å². The van der Waals surface area contributed by atoms with Gasteiger partial charge in [-0.3, -0.25) is 4.79 Å². The molecule has 1 saturated heterocycles. The molecular formula is C15H23N3O2. The van der Waals surface area contributed by atoms with E-state index in [1.807, 2.05) is 24.0 Å². The van der Waals surface area contributed by atoms with Crippen molar-refractivity contribution in [1.29, 1.82) is 0 Å². The predicted octanol–water partition coefficient (Wildman–Crippen LogP) is 1.38. The van der Waals surface area contributed by atoms with E-state index >= 15 is 0 Å². The van der Waals surface area contributed by atoms with Crippen molar-refractivity contribution < 1.29 is 9.53 Å². The molecule has 1 aliphatic heterocycles. The van der Waals surface area contributed by atoms with E-state index in [2.05, 4.69) is 11.0 Å². The monoisotopic (exact) mass is 277 g/mol. The Morgan fingerprint density at radius 2 is 1.95 bits per heavy atom. The second kappa shape index (κ2) is 6.13. The molecule has 1 amide bonds. The van der Waals surface area contributed by atoms with Gasteiger partial charge in [0.2, 0.25) is 5.91 Å². The SMILES string of the molecule is COc1cccc(N2CCN(C(C)=O)CC2)c1C(C)N. The van der Waals surface area contributed by atoms with Gasteiger partial charge < -0.3 is 20.3 Å². The first kappa shape index (κ1) is 14.7. The van der Waals surface area contributed by atoms with Gasteiger partial charge in [-0.2, -0.15) is 0 Å². The van der Waals surface area contributed by atoms with Gasteiger partial charge in [-0.25, -0.2) is 0 Å². The molecule has 5 nitrogen and oxygen atoms in total. The molecule has 5 heteroatoms. The van der Waals surface area contributed by atoms with Crippen molar-refractivity contribution in [1.82, 2.24) is 4.90 Å². The summed E-state index contributed by atoms with van der Waals surface area (Å²) in [5.74, 6) is 0.967. The highest BCUT2D eigenvalue weighted by Crippen LogP contribution is 2.34. The van der Waals surface area contributed by atoms with Crippen LogP contribution in [0, 0.1) is 0 Å². The van der Waals surface area contributed by atoms with Gasteiger partial charge in [0.1, 0.15) is 5.75 Å². The molecule has 1 heterocycles. The first-order valence-corrected chi connectivity index (χ1v) is 6.97. The summed E-state index contributed by atoms with van der Waals surface area (Å²) in [6.45, 7) is 6.75. The van der Waals surface area contributed by atoms with Gasteiger partial charge in [0, 0.05) is 50.4 Å². The Morgan fingerprint density at radius 3 is 2.45 bits per heavy atom. The smallest absolute Gasteiger partial charge is 0.219 e. The summed E-state index contributed by atoms with van der Waals surface area (Å²) in [4.78, 5) is 15.5. The standard InChI is InChI=1S/C15H23N3O2/c1-11(16)15-13(5-4-6-14(15)20-3)18-9-7-17(8-10-18)12(2)19/h4-6,11H,7-10,16H2,1-3H3. The van der Waals surface area contributed by atoms with Crippen LogP contribution in [0.15, 0.2) is 18.2 Å². The Hall–Kier alpha value is -1.75. The maximum Gasteiger partial charge on any atom is 0.219 e. The maximum atomic E-state index is 11.4. The van der Waals surface area contributed by atoms with E-state index in [-0.39, 0.29) is 11.9 Å². The lowest BCUT2D eigenvalue weighted by Crippen LogP contribution is -2.48. The molecule has 0 spiro atoms. The third-order valence-electron chi connectivity index (χ3n) is 3.78. The second-order valence-corrected chi connectivity index (χ2v) is 5.17. The van der Waals surface area contributed by atoms with Crippen LogP contribution >= 0.6 is 0 Å². The summed E-state index contributed by atoms with van der Waals surface area (Å²) < 4.78 is 5.43. The van der Waals surface area contributed by atoms with Crippen molar-refractivity contribution in [3.05, 3.63) is 23.8 Å². The lowest BCUT2D eigenvalue weighted by atomic mass is 10.0. The average Bonchev–Trinajstić information content (AvgIpc) is 2.46. The fourth-order valence-electron chi connectivity index (χ4n) is 2.71. The lowest BCUT2D eigenvalue weighted by molar-refractivity contribution is -0.129. The van der Waals surface area contributed by atoms with Gasteiger partial charge in [0.05, 0.1) is 7.11 Å². The number of benzene rings is 1. The van der Waals surface area contributed by atoms with Gasteiger partial charge >= 0.3 is 0 Å². The summed E-state index contributed by atoms with van der Waals surface area (Å²) in [7, 11) is 1.67. The zero-order chi connectivity index (χ0) is 14.7. The summed E-state index contributed by atoms with van der Waals surface area (Å²) in [5, 5.41) is 0. The van der Waals surface area contributed by atoms with Gasteiger partial charge in [0.15, 0.2) is 0 Å². The number of methoxy groups -OCH3 is 1. The molecule has 0 saturated carbocycles. The lowest BCUT2D eigenvalue weighted by Gasteiger charge is -2.37. The summed E-state index contributed by atoms with van der Waals surface area (Å²) in [6, 6.07) is 5.91. The first-order chi connectivity index (χ1) is 9.54. The molecule has 1 unspecified atom stereocenters. The van der Waals surface area contributed by atoms with Crippen LogP contribution in [0.3, 0.4) is 0 Å². The fraction of sp³-hybridized carbons (Fsp3) is 0.533. The molecule has 1 atom stereocenters. The first-order valence-electron chi connectivity index (χ1n) is 6.97. The molecule has 1 aromatic rings. The molecule has 0 radical (unpaired) electrons. The highest BCUT2D eigenvalue weighted by atomic mass is 16.5.